The fourth-order valence-corrected chi connectivity index (χ4v) is 5.93. The molecule has 3 aliphatic rings. The second kappa shape index (κ2) is 14.5. The molecular formula is C27H46N8O3. The molecule has 11 nitrogen and oxygen atoms in total. The van der Waals surface area contributed by atoms with Gasteiger partial charge in [0.2, 0.25) is 11.9 Å². The number of hydrogen-bond acceptors (Lipinski definition) is 9. The molecular weight excluding hydrogens is 484 g/mol. The first-order valence-corrected chi connectivity index (χ1v) is 14.6. The lowest BCUT2D eigenvalue weighted by molar-refractivity contribution is -0.144. The van der Waals surface area contributed by atoms with Gasteiger partial charge in [0.1, 0.15) is 18.1 Å². The third-order valence-corrected chi connectivity index (χ3v) is 8.21. The number of carboxylic acids is 1. The van der Waals surface area contributed by atoms with Gasteiger partial charge in [-0.15, -0.1) is 0 Å². The fraction of sp³-hybridized carbons (Fsp3) is 0.778. The number of piperazine rings is 1. The Labute approximate surface area is 226 Å². The van der Waals surface area contributed by atoms with Crippen molar-refractivity contribution in [1.82, 2.24) is 25.5 Å². The maximum Gasteiger partial charge on any atom is 0.312 e. The lowest BCUT2D eigenvalue weighted by atomic mass is 9.86. The number of hydrogen-bond donors (Lipinski definition) is 5. The van der Waals surface area contributed by atoms with Gasteiger partial charge in [0.15, 0.2) is 0 Å². The van der Waals surface area contributed by atoms with Crippen molar-refractivity contribution in [2.45, 2.75) is 82.7 Å². The Hall–Kier alpha value is -2.66. The van der Waals surface area contributed by atoms with Gasteiger partial charge in [-0.3, -0.25) is 9.59 Å². The zero-order valence-corrected chi connectivity index (χ0v) is 22.7. The van der Waals surface area contributed by atoms with Gasteiger partial charge in [-0.25, -0.2) is 0 Å². The standard InChI is InChI=1S/C27H46N8O3/c28-23-17-24(34-13-15-35(16-14-34)25(36)18-26(37)38)33-27(32-23)31-19-20-7-9-22(10-8-20)30-12-4-11-29-21-5-2-1-3-6-21/h17,20-22,29-30H,1-16,18-19H2,(H,37,38)(H3,28,31,32,33)/t20-,22-. The van der Waals surface area contributed by atoms with Gasteiger partial charge in [0.25, 0.3) is 0 Å². The zero-order chi connectivity index (χ0) is 26.7. The van der Waals surface area contributed by atoms with Crippen LogP contribution >= 0.6 is 0 Å². The Balaban J connectivity index is 1.12. The number of nitrogens with one attached hydrogen (secondary N) is 3. The molecule has 0 unspecified atom stereocenters. The van der Waals surface area contributed by atoms with Crippen molar-refractivity contribution in [3.05, 3.63) is 6.07 Å². The van der Waals surface area contributed by atoms with Crippen LogP contribution in [0.5, 0.6) is 0 Å². The Morgan fingerprint density at radius 3 is 2.24 bits per heavy atom. The molecule has 0 spiro atoms. The molecule has 6 N–H and O–H groups in total. The number of carbonyl (C=O) groups excluding carboxylic acids is 1. The minimum Gasteiger partial charge on any atom is -0.481 e. The highest BCUT2D eigenvalue weighted by atomic mass is 16.4. The summed E-state index contributed by atoms with van der Waals surface area (Å²) in [6.07, 6.45) is 12.4. The van der Waals surface area contributed by atoms with Crippen LogP contribution in [0.4, 0.5) is 17.6 Å². The van der Waals surface area contributed by atoms with Crippen LogP contribution in [0.2, 0.25) is 0 Å². The maximum atomic E-state index is 12.0. The van der Waals surface area contributed by atoms with Crippen LogP contribution in [0.3, 0.4) is 0 Å². The molecule has 0 radical (unpaired) electrons. The smallest absolute Gasteiger partial charge is 0.312 e. The Morgan fingerprint density at radius 1 is 0.921 bits per heavy atom. The number of aliphatic carboxylic acids is 1. The normalized spacial score (nSPS) is 22.8. The first-order valence-electron chi connectivity index (χ1n) is 14.6. The molecule has 4 rings (SSSR count). The molecule has 2 aliphatic carbocycles. The van der Waals surface area contributed by atoms with E-state index < -0.39 is 12.4 Å². The molecule has 1 aromatic heterocycles. The quantitative estimate of drug-likeness (QED) is 0.201. The maximum absolute atomic E-state index is 12.0. The highest BCUT2D eigenvalue weighted by Gasteiger charge is 2.24. The van der Waals surface area contributed by atoms with E-state index in [-0.39, 0.29) is 5.91 Å². The number of nitrogens with two attached hydrogens (primary N) is 1. The van der Waals surface area contributed by atoms with Crippen LogP contribution in [0, 0.1) is 5.92 Å². The first kappa shape index (κ1) is 28.4. The molecule has 0 bridgehead atoms. The average Bonchev–Trinajstić information content (AvgIpc) is 2.92. The molecule has 3 fully saturated rings. The van der Waals surface area contributed by atoms with Crippen LogP contribution < -0.4 is 26.6 Å². The van der Waals surface area contributed by atoms with Crippen LogP contribution in [-0.2, 0) is 9.59 Å². The van der Waals surface area contributed by atoms with Crippen LogP contribution in [0.1, 0.15) is 70.6 Å². The third-order valence-electron chi connectivity index (χ3n) is 8.21. The van der Waals surface area contributed by atoms with Gasteiger partial charge in [-0.05, 0) is 64.0 Å². The molecule has 2 saturated carbocycles. The Bertz CT molecular complexity index is 894. The number of nitrogens with zero attached hydrogens (tertiary/aromatic N) is 4. The predicted molar refractivity (Wildman–Crippen MR) is 149 cm³/mol. The molecule has 2 heterocycles. The summed E-state index contributed by atoms with van der Waals surface area (Å²) >= 11 is 0. The summed E-state index contributed by atoms with van der Waals surface area (Å²) in [6.45, 7) is 5.13. The highest BCUT2D eigenvalue weighted by Crippen LogP contribution is 2.25. The van der Waals surface area contributed by atoms with Crippen molar-refractivity contribution in [2.75, 3.05) is 61.8 Å². The highest BCUT2D eigenvalue weighted by molar-refractivity contribution is 5.93. The van der Waals surface area contributed by atoms with Crippen molar-refractivity contribution >= 4 is 29.5 Å². The Kier molecular flexibility index (Phi) is 10.8. The number of aromatic nitrogens is 2. The summed E-state index contributed by atoms with van der Waals surface area (Å²) in [5, 5.41) is 19.8. The topological polar surface area (TPSA) is 149 Å². The summed E-state index contributed by atoms with van der Waals surface area (Å²) in [4.78, 5) is 35.5. The molecule has 1 aromatic rings. The van der Waals surface area contributed by atoms with E-state index in [9.17, 15) is 9.59 Å². The van der Waals surface area contributed by atoms with E-state index in [1.807, 2.05) is 0 Å². The van der Waals surface area contributed by atoms with Crippen LogP contribution in [0.25, 0.3) is 0 Å². The minimum absolute atomic E-state index is 0.349. The van der Waals surface area contributed by atoms with E-state index >= 15 is 0 Å². The summed E-state index contributed by atoms with van der Waals surface area (Å²) in [5.74, 6) is 0.828. The van der Waals surface area contributed by atoms with E-state index in [0.29, 0.717) is 49.9 Å². The Morgan fingerprint density at radius 2 is 1.58 bits per heavy atom. The SMILES string of the molecule is Nc1cc(N2CCN(C(=O)CC(=O)O)CC2)nc(NC[C@H]2CC[C@H](NCCCNC3CCCCC3)CC2)n1. The van der Waals surface area contributed by atoms with Crippen molar-refractivity contribution < 1.29 is 14.7 Å². The van der Waals surface area contributed by atoms with Gasteiger partial charge in [-0.1, -0.05) is 19.3 Å². The monoisotopic (exact) mass is 530 g/mol. The van der Waals surface area contributed by atoms with Gasteiger partial charge >= 0.3 is 5.97 Å². The van der Waals surface area contributed by atoms with Crippen molar-refractivity contribution in [1.29, 1.82) is 0 Å². The van der Waals surface area contributed by atoms with Crippen molar-refractivity contribution in [2.24, 2.45) is 5.92 Å². The van der Waals surface area contributed by atoms with Gasteiger partial charge in [0, 0.05) is 50.9 Å². The largest absolute Gasteiger partial charge is 0.481 e. The van der Waals surface area contributed by atoms with E-state index in [1.54, 1.807) is 11.0 Å². The fourth-order valence-electron chi connectivity index (χ4n) is 5.93. The van der Waals surface area contributed by atoms with Gasteiger partial charge < -0.3 is 36.6 Å². The number of amides is 1. The number of rotatable bonds is 12. The van der Waals surface area contributed by atoms with E-state index in [1.165, 1.54) is 64.2 Å². The second-order valence-electron chi connectivity index (χ2n) is 11.1. The molecule has 212 valence electrons. The van der Waals surface area contributed by atoms with Crippen molar-refractivity contribution in [3.63, 3.8) is 0 Å². The molecule has 1 amide bonds. The molecule has 11 heteroatoms. The number of anilines is 3. The van der Waals surface area contributed by atoms with Crippen LogP contribution in [0.15, 0.2) is 6.07 Å². The molecule has 0 atom stereocenters. The molecule has 0 aromatic carbocycles. The molecule has 1 aliphatic heterocycles. The molecule has 1 saturated heterocycles. The summed E-state index contributed by atoms with van der Waals surface area (Å²) in [6, 6.07) is 3.12. The zero-order valence-electron chi connectivity index (χ0n) is 22.7. The summed E-state index contributed by atoms with van der Waals surface area (Å²) in [7, 11) is 0. The lowest BCUT2D eigenvalue weighted by Crippen LogP contribution is -2.49. The third kappa shape index (κ3) is 8.97. The van der Waals surface area contributed by atoms with E-state index in [2.05, 4.69) is 30.8 Å². The van der Waals surface area contributed by atoms with Gasteiger partial charge in [0.05, 0.1) is 0 Å². The number of nitrogen functional groups attached to an aromatic ring is 1. The summed E-state index contributed by atoms with van der Waals surface area (Å²) in [5.41, 5.74) is 6.07. The minimum atomic E-state index is -1.10. The number of carboxylic acid groups (broad SMARTS) is 1. The second-order valence-corrected chi connectivity index (χ2v) is 11.1. The lowest BCUT2D eigenvalue weighted by Gasteiger charge is -2.35. The van der Waals surface area contributed by atoms with Crippen LogP contribution in [-0.4, -0.2) is 89.7 Å². The predicted octanol–water partition coefficient (Wildman–Crippen LogP) is 2.05. The first-order chi connectivity index (χ1) is 18.5. The number of carbonyl (C=O) groups is 2. The average molecular weight is 531 g/mol. The molecule has 38 heavy (non-hydrogen) atoms. The van der Waals surface area contributed by atoms with Crippen molar-refractivity contribution in [3.8, 4) is 0 Å². The van der Waals surface area contributed by atoms with Gasteiger partial charge in [-0.2, -0.15) is 9.97 Å². The van der Waals surface area contributed by atoms with E-state index in [0.717, 1.165) is 31.5 Å². The van der Waals surface area contributed by atoms with E-state index in [4.69, 9.17) is 10.8 Å². The summed E-state index contributed by atoms with van der Waals surface area (Å²) < 4.78 is 0.